The van der Waals surface area contributed by atoms with Crippen molar-refractivity contribution in [2.75, 3.05) is 4.90 Å². The fourth-order valence-electron chi connectivity index (χ4n) is 5.13. The molecule has 0 spiro atoms. The molecular weight excluding hydrogens is 498 g/mol. The molecule has 0 unspecified atom stereocenters. The van der Waals surface area contributed by atoms with E-state index in [2.05, 4.69) is 0 Å². The van der Waals surface area contributed by atoms with Crippen molar-refractivity contribution in [2.24, 2.45) is 0 Å². The first-order valence-corrected chi connectivity index (χ1v) is 14.1. The van der Waals surface area contributed by atoms with Crippen molar-refractivity contribution in [1.82, 2.24) is 0 Å². The summed E-state index contributed by atoms with van der Waals surface area (Å²) in [6.07, 6.45) is 0. The highest BCUT2D eigenvalue weighted by molar-refractivity contribution is 7.92. The molecule has 0 atom stereocenters. The zero-order valence-corrected chi connectivity index (χ0v) is 21.1. The molecule has 0 amide bonds. The van der Waals surface area contributed by atoms with Crippen LogP contribution in [-0.2, 0) is 9.84 Å². The summed E-state index contributed by atoms with van der Waals surface area (Å²) in [7, 11) is -3.66. The minimum absolute atomic E-state index is 0.0171. The van der Waals surface area contributed by atoms with Gasteiger partial charge in [0, 0.05) is 25.7 Å². The number of nitrogens with zero attached hydrogens (tertiary/aromatic N) is 1. The quantitative estimate of drug-likeness (QED) is 0.221. The standard InChI is InChI=1S/C31H19NO3S2/c33-31-22-10-2-6-14-27(22)36-28-18-17-20(19-23(28)31)21-9-1-3-11-24(21)32-25-12-4-7-15-29(25)37(34,35)30-16-8-5-13-26(30)32/h1-19H. The number of para-hydroxylation sites is 3. The molecule has 4 nitrogen and oxygen atoms in total. The fourth-order valence-corrected chi connectivity index (χ4v) is 7.80. The van der Waals surface area contributed by atoms with Gasteiger partial charge in [-0.2, -0.15) is 0 Å². The molecule has 0 saturated carbocycles. The minimum Gasteiger partial charge on any atom is -0.307 e. The van der Waals surface area contributed by atoms with Gasteiger partial charge < -0.3 is 4.90 Å². The fraction of sp³-hybridized carbons (Fsp3) is 0. The molecule has 37 heavy (non-hydrogen) atoms. The largest absolute Gasteiger partial charge is 0.307 e. The lowest BCUT2D eigenvalue weighted by atomic mass is 10.00. The van der Waals surface area contributed by atoms with Gasteiger partial charge in [0.25, 0.3) is 0 Å². The third-order valence-electron chi connectivity index (χ3n) is 6.82. The van der Waals surface area contributed by atoms with E-state index in [0.717, 1.165) is 31.6 Å². The first-order valence-electron chi connectivity index (χ1n) is 11.8. The van der Waals surface area contributed by atoms with Crippen molar-refractivity contribution in [3.63, 3.8) is 0 Å². The van der Waals surface area contributed by atoms with Crippen LogP contribution in [0.5, 0.6) is 0 Å². The Morgan fingerprint density at radius 1 is 0.568 bits per heavy atom. The van der Waals surface area contributed by atoms with E-state index in [1.54, 1.807) is 35.6 Å². The zero-order valence-electron chi connectivity index (χ0n) is 19.5. The minimum atomic E-state index is -3.66. The van der Waals surface area contributed by atoms with Crippen molar-refractivity contribution < 1.29 is 8.42 Å². The Bertz CT molecular complexity index is 1990. The highest BCUT2D eigenvalue weighted by atomic mass is 32.2. The van der Waals surface area contributed by atoms with Gasteiger partial charge in [-0.15, -0.1) is 11.3 Å². The molecule has 0 aliphatic carbocycles. The highest BCUT2D eigenvalue weighted by Crippen LogP contribution is 2.50. The molecular formula is C31H19NO3S2. The lowest BCUT2D eigenvalue weighted by molar-refractivity contribution is 0.595. The van der Waals surface area contributed by atoms with Gasteiger partial charge in [-0.25, -0.2) is 8.42 Å². The molecule has 6 aromatic rings. The summed E-state index contributed by atoms with van der Waals surface area (Å²) < 4.78 is 28.8. The molecule has 6 heteroatoms. The Kier molecular flexibility index (Phi) is 4.83. The molecule has 178 valence electrons. The zero-order chi connectivity index (χ0) is 25.1. The third-order valence-corrected chi connectivity index (χ3v) is 9.82. The molecule has 5 aromatic carbocycles. The number of benzene rings is 5. The second kappa shape index (κ2) is 8.13. The van der Waals surface area contributed by atoms with Gasteiger partial charge in [-0.3, -0.25) is 4.79 Å². The van der Waals surface area contributed by atoms with Gasteiger partial charge in [-0.1, -0.05) is 60.7 Å². The number of rotatable bonds is 2. The van der Waals surface area contributed by atoms with E-state index in [0.29, 0.717) is 16.8 Å². The van der Waals surface area contributed by atoms with Gasteiger partial charge >= 0.3 is 0 Å². The SMILES string of the molecule is O=c1c2ccccc2sc2ccc(-c3ccccc3N3c4ccccc4S(=O)(=O)c4ccccc43)cc12. The summed E-state index contributed by atoms with van der Waals surface area (Å²) in [5, 5.41) is 1.40. The summed E-state index contributed by atoms with van der Waals surface area (Å²) >= 11 is 1.61. The second-order valence-corrected chi connectivity index (χ2v) is 11.9. The first kappa shape index (κ1) is 22.0. The second-order valence-electron chi connectivity index (χ2n) is 8.93. The lowest BCUT2D eigenvalue weighted by Gasteiger charge is -2.34. The van der Waals surface area contributed by atoms with Crippen LogP contribution in [0.15, 0.2) is 130 Å². The van der Waals surface area contributed by atoms with E-state index in [1.165, 1.54) is 0 Å². The number of hydrogen-bond donors (Lipinski definition) is 0. The van der Waals surface area contributed by atoms with Crippen LogP contribution in [0.1, 0.15) is 0 Å². The average molecular weight is 518 g/mol. The van der Waals surface area contributed by atoms with Crippen LogP contribution in [0.4, 0.5) is 17.1 Å². The van der Waals surface area contributed by atoms with Crippen molar-refractivity contribution in [3.8, 4) is 11.1 Å². The predicted octanol–water partition coefficient (Wildman–Crippen LogP) is 7.70. The van der Waals surface area contributed by atoms with E-state index >= 15 is 0 Å². The third kappa shape index (κ3) is 3.26. The number of fused-ring (bicyclic) bond motifs is 4. The molecule has 0 saturated heterocycles. The van der Waals surface area contributed by atoms with Gasteiger partial charge in [-0.05, 0) is 60.2 Å². The predicted molar refractivity (Wildman–Crippen MR) is 151 cm³/mol. The van der Waals surface area contributed by atoms with Crippen molar-refractivity contribution in [1.29, 1.82) is 0 Å². The van der Waals surface area contributed by atoms with Crippen LogP contribution < -0.4 is 10.3 Å². The van der Waals surface area contributed by atoms with Crippen molar-refractivity contribution in [2.45, 2.75) is 9.79 Å². The van der Waals surface area contributed by atoms with E-state index in [-0.39, 0.29) is 15.2 Å². The summed E-state index contributed by atoms with van der Waals surface area (Å²) in [6, 6.07) is 35.8. The molecule has 1 aliphatic heterocycles. The normalized spacial score (nSPS) is 13.9. The van der Waals surface area contributed by atoms with Gasteiger partial charge in [0.1, 0.15) is 0 Å². The Morgan fingerprint density at radius 3 is 1.86 bits per heavy atom. The topological polar surface area (TPSA) is 54.5 Å². The monoisotopic (exact) mass is 517 g/mol. The van der Waals surface area contributed by atoms with E-state index < -0.39 is 9.84 Å². The maximum atomic E-state index is 13.5. The molecule has 0 bridgehead atoms. The van der Waals surface area contributed by atoms with Gasteiger partial charge in [0.2, 0.25) is 9.84 Å². The molecule has 2 heterocycles. The van der Waals surface area contributed by atoms with Crippen LogP contribution in [-0.4, -0.2) is 8.42 Å². The molecule has 0 radical (unpaired) electrons. The Labute approximate surface area is 217 Å². The molecule has 7 rings (SSSR count). The maximum absolute atomic E-state index is 13.5. The van der Waals surface area contributed by atoms with Crippen molar-refractivity contribution in [3.05, 3.63) is 125 Å². The van der Waals surface area contributed by atoms with Crippen LogP contribution in [0.25, 0.3) is 31.3 Å². The number of anilines is 3. The number of sulfone groups is 1. The Morgan fingerprint density at radius 2 is 1.14 bits per heavy atom. The van der Waals surface area contributed by atoms with Gasteiger partial charge in [0.05, 0.1) is 26.9 Å². The van der Waals surface area contributed by atoms with E-state index in [4.69, 9.17) is 0 Å². The van der Waals surface area contributed by atoms with E-state index in [9.17, 15) is 13.2 Å². The Balaban J connectivity index is 1.50. The van der Waals surface area contributed by atoms with Crippen LogP contribution >= 0.6 is 11.3 Å². The molecule has 0 fully saturated rings. The van der Waals surface area contributed by atoms with Gasteiger partial charge in [0.15, 0.2) is 5.43 Å². The highest BCUT2D eigenvalue weighted by Gasteiger charge is 2.35. The summed E-state index contributed by atoms with van der Waals surface area (Å²) in [6.45, 7) is 0. The smallest absolute Gasteiger partial charge is 0.210 e. The summed E-state index contributed by atoms with van der Waals surface area (Å²) in [4.78, 5) is 15.9. The van der Waals surface area contributed by atoms with E-state index in [1.807, 2.05) is 95.9 Å². The summed E-state index contributed by atoms with van der Waals surface area (Å²) in [5.74, 6) is 0. The molecule has 0 N–H and O–H groups in total. The maximum Gasteiger partial charge on any atom is 0.210 e. The van der Waals surface area contributed by atoms with Crippen LogP contribution in [0.3, 0.4) is 0 Å². The molecule has 1 aliphatic rings. The van der Waals surface area contributed by atoms with Crippen molar-refractivity contribution >= 4 is 58.4 Å². The first-order chi connectivity index (χ1) is 18.0. The van der Waals surface area contributed by atoms with Crippen LogP contribution in [0, 0.1) is 0 Å². The van der Waals surface area contributed by atoms with Crippen LogP contribution in [0.2, 0.25) is 0 Å². The average Bonchev–Trinajstić information content (AvgIpc) is 2.94. The number of hydrogen-bond acceptors (Lipinski definition) is 5. The molecule has 1 aromatic heterocycles. The Hall–Kier alpha value is -4.26. The lowest BCUT2D eigenvalue weighted by Crippen LogP contribution is -2.22. The summed E-state index contributed by atoms with van der Waals surface area (Å²) in [5.41, 5.74) is 3.87.